The van der Waals surface area contributed by atoms with Crippen LogP contribution in [0.15, 0.2) is 35.3 Å². The minimum atomic E-state index is -0.541. The lowest BCUT2D eigenvalue weighted by Gasteiger charge is -2.21. The molecule has 0 saturated carbocycles. The first kappa shape index (κ1) is 26.2. The topological polar surface area (TPSA) is 104 Å². The van der Waals surface area contributed by atoms with Crippen molar-refractivity contribution in [3.05, 3.63) is 40.7 Å². The zero-order chi connectivity index (χ0) is 26.9. The number of fused-ring (bicyclic) bond motifs is 5. The average molecular weight is 538 g/mol. The highest BCUT2D eigenvalue weighted by Crippen LogP contribution is 2.33. The van der Waals surface area contributed by atoms with Gasteiger partial charge in [0.2, 0.25) is 11.4 Å². The zero-order valence-electron chi connectivity index (χ0n) is 22.4. The molecule has 1 aliphatic heterocycles. The van der Waals surface area contributed by atoms with Crippen LogP contribution in [0.3, 0.4) is 0 Å². The Morgan fingerprint density at radius 3 is 2.76 bits per heavy atom. The highest BCUT2D eigenvalue weighted by Gasteiger charge is 2.21. The molecule has 0 unspecified atom stereocenters. The number of carbonyl (C=O) groups is 1. The van der Waals surface area contributed by atoms with Crippen molar-refractivity contribution in [1.29, 1.82) is 0 Å². The number of carbonyl (C=O) groups excluding carboxylic acids is 1. The van der Waals surface area contributed by atoms with E-state index in [0.717, 1.165) is 47.6 Å². The van der Waals surface area contributed by atoms with Crippen molar-refractivity contribution in [3.8, 4) is 0 Å². The Hall–Kier alpha value is -3.44. The van der Waals surface area contributed by atoms with Crippen molar-refractivity contribution in [1.82, 2.24) is 24.6 Å². The number of amides is 1. The molecule has 4 heterocycles. The Kier molecular flexibility index (Phi) is 7.40. The molecule has 2 N–H and O–H groups in total. The Bertz CT molecular complexity index is 1520. The van der Waals surface area contributed by atoms with Crippen molar-refractivity contribution in [3.63, 3.8) is 0 Å². The standard InChI is InChI=1S/C27H35N7O3S/c1-27(2,3)37-26(36)29-12-7-11-28-21-22(35)18-17-30-25(33-14-8-13-32(4)15-16-33)31-23(18)34-19-9-5-6-10-20(19)38-24(21)34/h5-6,9-10,17,28H,7-8,11-16H2,1-4H3,(H,29,36). The monoisotopic (exact) mass is 537 g/mol. The van der Waals surface area contributed by atoms with E-state index in [9.17, 15) is 9.59 Å². The first-order valence-electron chi connectivity index (χ1n) is 13.1. The number of nitrogens with one attached hydrogen (secondary N) is 2. The van der Waals surface area contributed by atoms with Crippen molar-refractivity contribution in [2.24, 2.45) is 0 Å². The molecule has 5 rings (SSSR count). The fourth-order valence-electron chi connectivity index (χ4n) is 4.65. The summed E-state index contributed by atoms with van der Waals surface area (Å²) in [4.78, 5) is 40.5. The number of thiazole rings is 1. The van der Waals surface area contributed by atoms with E-state index >= 15 is 0 Å². The van der Waals surface area contributed by atoms with Crippen molar-refractivity contribution in [2.75, 3.05) is 56.5 Å². The number of nitrogens with zero attached hydrogens (tertiary/aromatic N) is 5. The molecule has 10 nitrogen and oxygen atoms in total. The Balaban J connectivity index is 1.46. The zero-order valence-corrected chi connectivity index (χ0v) is 23.2. The molecule has 0 atom stereocenters. The summed E-state index contributed by atoms with van der Waals surface area (Å²) in [5.41, 5.74) is 1.51. The smallest absolute Gasteiger partial charge is 0.407 e. The number of alkyl carbamates (subject to hydrolysis) is 1. The van der Waals surface area contributed by atoms with Gasteiger partial charge in [-0.3, -0.25) is 9.20 Å². The van der Waals surface area contributed by atoms with Crippen LogP contribution >= 0.6 is 11.3 Å². The second-order valence-electron chi connectivity index (χ2n) is 10.7. The van der Waals surface area contributed by atoms with E-state index in [1.54, 1.807) is 17.5 Å². The first-order chi connectivity index (χ1) is 18.2. The molecule has 0 bridgehead atoms. The Morgan fingerprint density at radius 1 is 1.13 bits per heavy atom. The minimum absolute atomic E-state index is 0.117. The SMILES string of the molecule is CN1CCCN(c2ncc3c(=O)c(NCCCNC(=O)OC(C)(C)C)c4sc5ccccc5n4c3n2)CC1. The number of likely N-dealkylation sites (N-methyl/N-ethyl adjacent to an activating group) is 1. The number of para-hydroxylation sites is 1. The van der Waals surface area contributed by atoms with Crippen LogP contribution in [-0.2, 0) is 4.74 Å². The molecule has 1 amide bonds. The largest absolute Gasteiger partial charge is 0.444 e. The summed E-state index contributed by atoms with van der Waals surface area (Å²) in [5.74, 6) is 0.658. The van der Waals surface area contributed by atoms with Crippen LogP contribution in [0.25, 0.3) is 26.1 Å². The van der Waals surface area contributed by atoms with E-state index in [1.807, 2.05) is 32.9 Å². The van der Waals surface area contributed by atoms with E-state index in [0.29, 0.717) is 42.2 Å². The van der Waals surface area contributed by atoms with Gasteiger partial charge < -0.3 is 25.2 Å². The normalized spacial score (nSPS) is 15.2. The molecule has 1 fully saturated rings. The fourth-order valence-corrected chi connectivity index (χ4v) is 5.81. The summed E-state index contributed by atoms with van der Waals surface area (Å²) in [7, 11) is 2.13. The first-order valence-corrected chi connectivity index (χ1v) is 13.9. The summed E-state index contributed by atoms with van der Waals surface area (Å²) >= 11 is 1.57. The molecular formula is C27H35N7O3S. The summed E-state index contributed by atoms with van der Waals surface area (Å²) in [6.07, 6.45) is 2.90. The average Bonchev–Trinajstić information content (AvgIpc) is 3.12. The number of hydrogen-bond acceptors (Lipinski definition) is 9. The second kappa shape index (κ2) is 10.7. The Morgan fingerprint density at radius 2 is 1.95 bits per heavy atom. The molecule has 1 aromatic carbocycles. The second-order valence-corrected chi connectivity index (χ2v) is 11.7. The summed E-state index contributed by atoms with van der Waals surface area (Å²) in [5, 5.41) is 6.58. The van der Waals surface area contributed by atoms with Gasteiger partial charge in [-0.1, -0.05) is 12.1 Å². The van der Waals surface area contributed by atoms with Crippen molar-refractivity contribution in [2.45, 2.75) is 39.2 Å². The number of benzene rings is 1. The van der Waals surface area contributed by atoms with Crippen molar-refractivity contribution >= 4 is 55.1 Å². The molecule has 1 aliphatic rings. The lowest BCUT2D eigenvalue weighted by atomic mass is 10.2. The maximum atomic E-state index is 13.7. The molecule has 0 radical (unpaired) electrons. The van der Waals surface area contributed by atoms with Crippen LogP contribution in [0, 0.1) is 0 Å². The minimum Gasteiger partial charge on any atom is -0.444 e. The molecule has 4 aromatic rings. The quantitative estimate of drug-likeness (QED) is 0.357. The third kappa shape index (κ3) is 5.53. The maximum Gasteiger partial charge on any atom is 0.407 e. The highest BCUT2D eigenvalue weighted by atomic mass is 32.1. The van der Waals surface area contributed by atoms with E-state index in [2.05, 4.69) is 49.0 Å². The highest BCUT2D eigenvalue weighted by molar-refractivity contribution is 7.24. The van der Waals surface area contributed by atoms with Gasteiger partial charge in [-0.15, -0.1) is 11.3 Å². The van der Waals surface area contributed by atoms with Gasteiger partial charge in [-0.05, 0) is 59.3 Å². The molecule has 38 heavy (non-hydrogen) atoms. The summed E-state index contributed by atoms with van der Waals surface area (Å²) in [6, 6.07) is 8.12. The third-order valence-electron chi connectivity index (χ3n) is 6.50. The predicted octanol–water partition coefficient (Wildman–Crippen LogP) is 3.93. The van der Waals surface area contributed by atoms with E-state index < -0.39 is 11.7 Å². The number of rotatable bonds is 6. The van der Waals surface area contributed by atoms with Gasteiger partial charge in [0.05, 0.1) is 15.6 Å². The lowest BCUT2D eigenvalue weighted by Crippen LogP contribution is -2.33. The van der Waals surface area contributed by atoms with Gasteiger partial charge in [0, 0.05) is 38.9 Å². The van der Waals surface area contributed by atoms with Gasteiger partial charge in [0.1, 0.15) is 16.1 Å². The molecule has 3 aromatic heterocycles. The maximum absolute atomic E-state index is 13.7. The Labute approximate surface area is 225 Å². The number of ether oxygens (including phenoxy) is 1. The van der Waals surface area contributed by atoms with Crippen LogP contribution < -0.4 is 21.0 Å². The molecule has 202 valence electrons. The van der Waals surface area contributed by atoms with Crippen LogP contribution in [0.4, 0.5) is 16.4 Å². The van der Waals surface area contributed by atoms with E-state index in [1.165, 1.54) is 0 Å². The summed E-state index contributed by atoms with van der Waals surface area (Å²) in [6.45, 7) is 10.2. The van der Waals surface area contributed by atoms with Gasteiger partial charge >= 0.3 is 6.09 Å². The number of pyridine rings is 1. The number of aromatic nitrogens is 3. The third-order valence-corrected chi connectivity index (χ3v) is 7.64. The number of hydrogen-bond donors (Lipinski definition) is 2. The van der Waals surface area contributed by atoms with Gasteiger partial charge in [0.25, 0.3) is 0 Å². The van der Waals surface area contributed by atoms with E-state index in [-0.39, 0.29) is 5.43 Å². The van der Waals surface area contributed by atoms with Crippen LogP contribution in [0.2, 0.25) is 0 Å². The number of anilines is 2. The van der Waals surface area contributed by atoms with Gasteiger partial charge in [-0.25, -0.2) is 9.78 Å². The molecule has 0 spiro atoms. The predicted molar refractivity (Wildman–Crippen MR) is 154 cm³/mol. The van der Waals surface area contributed by atoms with E-state index in [4.69, 9.17) is 9.72 Å². The lowest BCUT2D eigenvalue weighted by molar-refractivity contribution is 0.0528. The van der Waals surface area contributed by atoms with Crippen molar-refractivity contribution < 1.29 is 9.53 Å². The van der Waals surface area contributed by atoms with Crippen LogP contribution in [0.1, 0.15) is 33.6 Å². The molecule has 11 heteroatoms. The molecular weight excluding hydrogens is 502 g/mol. The van der Waals surface area contributed by atoms with Crippen LogP contribution in [0.5, 0.6) is 0 Å². The van der Waals surface area contributed by atoms with Crippen LogP contribution in [-0.4, -0.2) is 77.3 Å². The van der Waals surface area contributed by atoms with Gasteiger partial charge in [-0.2, -0.15) is 4.98 Å². The fraction of sp³-hybridized carbons (Fsp3) is 0.481. The molecule has 0 aliphatic carbocycles. The van der Waals surface area contributed by atoms with Gasteiger partial charge in [0.15, 0.2) is 5.65 Å². The summed E-state index contributed by atoms with van der Waals surface area (Å²) < 4.78 is 8.44. The molecule has 1 saturated heterocycles.